The summed E-state index contributed by atoms with van der Waals surface area (Å²) in [6.45, 7) is 2.30. The van der Waals surface area contributed by atoms with Crippen LogP contribution < -0.4 is 10.6 Å². The average molecular weight is 276 g/mol. The van der Waals surface area contributed by atoms with Crippen molar-refractivity contribution in [3.63, 3.8) is 0 Å². The number of nitrogens with one attached hydrogen (secondary N) is 2. The summed E-state index contributed by atoms with van der Waals surface area (Å²) in [6.07, 6.45) is -2.54. The number of alkyl halides is 3. The first-order chi connectivity index (χ1) is 8.97. The molecule has 19 heavy (non-hydrogen) atoms. The van der Waals surface area contributed by atoms with E-state index in [1.165, 1.54) is 0 Å². The van der Waals surface area contributed by atoms with Crippen LogP contribution >= 0.6 is 0 Å². The molecule has 1 aliphatic rings. The fraction of sp³-hybridized carbons (Fsp3) is 0.538. The maximum Gasteiger partial charge on any atom is 0.416 e. The Bertz CT molecular complexity index is 425. The third-order valence-electron chi connectivity index (χ3n) is 3.33. The van der Waals surface area contributed by atoms with Crippen LogP contribution in [0.15, 0.2) is 18.2 Å². The lowest BCUT2D eigenvalue weighted by atomic mass is 9.98. The van der Waals surface area contributed by atoms with Gasteiger partial charge >= 0.3 is 6.18 Å². The van der Waals surface area contributed by atoms with Gasteiger partial charge in [-0.3, -0.25) is 0 Å². The minimum atomic E-state index is -4.45. The maximum absolute atomic E-state index is 13.5. The van der Waals surface area contributed by atoms with Crippen molar-refractivity contribution in [2.24, 2.45) is 5.92 Å². The molecule has 0 atom stereocenters. The van der Waals surface area contributed by atoms with Gasteiger partial charge in [0, 0.05) is 6.54 Å². The van der Waals surface area contributed by atoms with Crippen molar-refractivity contribution in [2.75, 3.05) is 25.0 Å². The van der Waals surface area contributed by atoms with E-state index in [0.29, 0.717) is 12.5 Å². The molecule has 0 amide bonds. The number of benzene rings is 1. The Hall–Kier alpha value is -1.30. The Balaban J connectivity index is 2.02. The van der Waals surface area contributed by atoms with E-state index >= 15 is 0 Å². The lowest BCUT2D eigenvalue weighted by Crippen LogP contribution is -2.31. The number of hydrogen-bond acceptors (Lipinski definition) is 2. The molecule has 1 heterocycles. The van der Waals surface area contributed by atoms with Crippen molar-refractivity contribution in [1.29, 1.82) is 0 Å². The summed E-state index contributed by atoms with van der Waals surface area (Å²) in [4.78, 5) is 0. The SMILES string of the molecule is Fc1ccc(C(F)(F)F)cc1NCC1CCNCC1. The van der Waals surface area contributed by atoms with Crippen molar-refractivity contribution >= 4 is 5.69 Å². The minimum Gasteiger partial charge on any atom is -0.382 e. The van der Waals surface area contributed by atoms with Gasteiger partial charge in [0.25, 0.3) is 0 Å². The summed E-state index contributed by atoms with van der Waals surface area (Å²) < 4.78 is 51.1. The highest BCUT2D eigenvalue weighted by Gasteiger charge is 2.31. The molecule has 0 bridgehead atoms. The summed E-state index contributed by atoms with van der Waals surface area (Å²) in [6, 6.07) is 2.44. The van der Waals surface area contributed by atoms with Gasteiger partial charge in [0.1, 0.15) is 5.82 Å². The molecule has 0 spiro atoms. The molecule has 106 valence electrons. The van der Waals surface area contributed by atoms with E-state index in [1.807, 2.05) is 0 Å². The molecular formula is C13H16F4N2. The maximum atomic E-state index is 13.5. The Morgan fingerprint density at radius 1 is 1.21 bits per heavy atom. The molecule has 1 aromatic rings. The van der Waals surface area contributed by atoms with E-state index in [1.54, 1.807) is 0 Å². The standard InChI is InChI=1S/C13H16F4N2/c14-11-2-1-10(13(15,16)17)7-12(11)19-8-9-3-5-18-6-4-9/h1-2,7,9,18-19H,3-6,8H2. The second kappa shape index (κ2) is 5.77. The molecule has 0 saturated carbocycles. The van der Waals surface area contributed by atoms with Gasteiger partial charge in [-0.25, -0.2) is 4.39 Å². The summed E-state index contributed by atoms with van der Waals surface area (Å²) in [5.41, 5.74) is -0.907. The number of anilines is 1. The number of halogens is 4. The van der Waals surface area contributed by atoms with Crippen LogP contribution in [-0.4, -0.2) is 19.6 Å². The van der Waals surface area contributed by atoms with Gasteiger partial charge in [-0.15, -0.1) is 0 Å². The molecule has 6 heteroatoms. The minimum absolute atomic E-state index is 0.0756. The predicted molar refractivity (Wildman–Crippen MR) is 65.5 cm³/mol. The van der Waals surface area contributed by atoms with Crippen LogP contribution in [0.25, 0.3) is 0 Å². The van der Waals surface area contributed by atoms with Crippen LogP contribution in [0.5, 0.6) is 0 Å². The zero-order valence-electron chi connectivity index (χ0n) is 10.4. The molecule has 1 fully saturated rings. The summed E-state index contributed by atoms with van der Waals surface area (Å²) in [5, 5.41) is 6.00. The molecule has 0 aromatic heterocycles. The quantitative estimate of drug-likeness (QED) is 0.828. The third kappa shape index (κ3) is 3.83. The van der Waals surface area contributed by atoms with E-state index in [9.17, 15) is 17.6 Å². The summed E-state index contributed by atoms with van der Waals surface area (Å²) >= 11 is 0. The van der Waals surface area contributed by atoms with Crippen LogP contribution in [0.1, 0.15) is 18.4 Å². The molecule has 2 nitrogen and oxygen atoms in total. The lowest BCUT2D eigenvalue weighted by Gasteiger charge is -2.23. The first kappa shape index (κ1) is 14.1. The zero-order chi connectivity index (χ0) is 13.9. The Kier molecular flexibility index (Phi) is 4.29. The van der Waals surface area contributed by atoms with Gasteiger partial charge < -0.3 is 10.6 Å². The van der Waals surface area contributed by atoms with Crippen molar-refractivity contribution in [1.82, 2.24) is 5.32 Å². The lowest BCUT2D eigenvalue weighted by molar-refractivity contribution is -0.137. The van der Waals surface area contributed by atoms with E-state index < -0.39 is 17.6 Å². The van der Waals surface area contributed by atoms with E-state index in [0.717, 1.165) is 44.1 Å². The molecule has 0 unspecified atom stereocenters. The molecule has 0 radical (unpaired) electrons. The molecule has 1 aromatic carbocycles. The monoisotopic (exact) mass is 276 g/mol. The fourth-order valence-corrected chi connectivity index (χ4v) is 2.18. The summed E-state index contributed by atoms with van der Waals surface area (Å²) in [5.74, 6) is -0.280. The van der Waals surface area contributed by atoms with Crippen LogP contribution in [-0.2, 0) is 6.18 Å². The molecular weight excluding hydrogens is 260 g/mol. The molecule has 1 saturated heterocycles. The largest absolute Gasteiger partial charge is 0.416 e. The Morgan fingerprint density at radius 2 is 1.89 bits per heavy atom. The number of hydrogen-bond donors (Lipinski definition) is 2. The highest BCUT2D eigenvalue weighted by molar-refractivity contribution is 5.48. The normalized spacial score (nSPS) is 17.5. The second-order valence-corrected chi connectivity index (χ2v) is 4.77. The van der Waals surface area contributed by atoms with Crippen molar-refractivity contribution in [3.8, 4) is 0 Å². The molecule has 2 N–H and O–H groups in total. The van der Waals surface area contributed by atoms with Crippen LogP contribution in [0.3, 0.4) is 0 Å². The first-order valence-electron chi connectivity index (χ1n) is 6.28. The van der Waals surface area contributed by atoms with Crippen LogP contribution in [0.2, 0.25) is 0 Å². The van der Waals surface area contributed by atoms with Gasteiger partial charge in [0.15, 0.2) is 0 Å². The molecule has 0 aliphatic carbocycles. The van der Waals surface area contributed by atoms with Crippen LogP contribution in [0.4, 0.5) is 23.2 Å². The van der Waals surface area contributed by atoms with Gasteiger partial charge in [-0.05, 0) is 50.0 Å². The van der Waals surface area contributed by atoms with Crippen molar-refractivity contribution in [3.05, 3.63) is 29.6 Å². The van der Waals surface area contributed by atoms with Gasteiger partial charge in [0.2, 0.25) is 0 Å². The fourth-order valence-electron chi connectivity index (χ4n) is 2.18. The smallest absolute Gasteiger partial charge is 0.382 e. The van der Waals surface area contributed by atoms with Gasteiger partial charge in [0.05, 0.1) is 11.3 Å². The van der Waals surface area contributed by atoms with E-state index in [-0.39, 0.29) is 5.69 Å². The van der Waals surface area contributed by atoms with Gasteiger partial charge in [-0.2, -0.15) is 13.2 Å². The van der Waals surface area contributed by atoms with Gasteiger partial charge in [-0.1, -0.05) is 0 Å². The predicted octanol–water partition coefficient (Wildman–Crippen LogP) is 3.26. The Labute approximate surface area is 109 Å². The van der Waals surface area contributed by atoms with Crippen molar-refractivity contribution in [2.45, 2.75) is 19.0 Å². The topological polar surface area (TPSA) is 24.1 Å². The van der Waals surface area contributed by atoms with E-state index in [4.69, 9.17) is 0 Å². The summed E-state index contributed by atoms with van der Waals surface area (Å²) in [7, 11) is 0. The second-order valence-electron chi connectivity index (χ2n) is 4.77. The average Bonchev–Trinajstić information content (AvgIpc) is 2.37. The Morgan fingerprint density at radius 3 is 2.53 bits per heavy atom. The highest BCUT2D eigenvalue weighted by atomic mass is 19.4. The first-order valence-corrected chi connectivity index (χ1v) is 6.28. The third-order valence-corrected chi connectivity index (χ3v) is 3.33. The molecule has 2 rings (SSSR count). The van der Waals surface area contributed by atoms with Crippen molar-refractivity contribution < 1.29 is 17.6 Å². The number of rotatable bonds is 3. The number of piperidine rings is 1. The van der Waals surface area contributed by atoms with Crippen LogP contribution in [0, 0.1) is 11.7 Å². The highest BCUT2D eigenvalue weighted by Crippen LogP contribution is 2.31. The molecule has 1 aliphatic heterocycles. The van der Waals surface area contributed by atoms with E-state index in [2.05, 4.69) is 10.6 Å². The zero-order valence-corrected chi connectivity index (χ0v) is 10.4.